The fourth-order valence-electron chi connectivity index (χ4n) is 4.59. The number of thiazole rings is 1. The number of hydrogen-bond acceptors (Lipinski definition) is 5. The minimum atomic E-state index is -0.853. The first-order valence-corrected chi connectivity index (χ1v) is 10.6. The Bertz CT molecular complexity index is 932. The van der Waals surface area contributed by atoms with Gasteiger partial charge in [0.15, 0.2) is 5.13 Å². The van der Waals surface area contributed by atoms with Crippen LogP contribution in [0.3, 0.4) is 0 Å². The Morgan fingerprint density at radius 2 is 2.10 bits per heavy atom. The maximum Gasteiger partial charge on any atom is 0.306 e. The molecule has 0 saturated heterocycles. The zero-order chi connectivity index (χ0) is 20.5. The summed E-state index contributed by atoms with van der Waals surface area (Å²) in [7, 11) is 0. The normalized spacial score (nSPS) is 22.7. The number of ether oxygens (including phenoxy) is 1. The molecule has 154 valence electrons. The number of halogens is 2. The summed E-state index contributed by atoms with van der Waals surface area (Å²) in [5.74, 6) is -0.389. The number of aromatic nitrogens is 1. The molecule has 1 aromatic carbocycles. The quantitative estimate of drug-likeness (QED) is 0.619. The molecular formula is C21H22F2N2O3S. The van der Waals surface area contributed by atoms with E-state index in [1.54, 1.807) is 5.38 Å². The van der Waals surface area contributed by atoms with Gasteiger partial charge in [0.1, 0.15) is 18.2 Å². The molecule has 0 N–H and O–H groups in total. The number of esters is 1. The Morgan fingerprint density at radius 1 is 1.28 bits per heavy atom. The standard InChI is InChI=1S/C21H22F2N2O3S/c1-12(26)25(19-5-4-16(22)9-18(19)23)21-24-17(11-29-21)10-28-20(27)8-15-7-13-2-3-14(15)6-13/h4-5,9,11,13-15H,2-3,6-8,10H2,1H3/t13-,14-,15-/m1/s1. The highest BCUT2D eigenvalue weighted by Crippen LogP contribution is 2.49. The van der Waals surface area contributed by atoms with Crippen molar-refractivity contribution in [2.75, 3.05) is 4.90 Å². The predicted molar refractivity (Wildman–Crippen MR) is 105 cm³/mol. The Kier molecular flexibility index (Phi) is 5.63. The van der Waals surface area contributed by atoms with Crippen LogP contribution in [0.2, 0.25) is 0 Å². The lowest BCUT2D eigenvalue weighted by Gasteiger charge is -2.20. The van der Waals surface area contributed by atoms with Crippen molar-refractivity contribution in [3.05, 3.63) is 40.9 Å². The number of rotatable bonds is 6. The molecule has 2 aliphatic carbocycles. The predicted octanol–water partition coefficient (Wildman–Crippen LogP) is 4.98. The SMILES string of the molecule is CC(=O)N(c1nc(COC(=O)C[C@H]2C[C@@H]3CC[C@@H]2C3)cs1)c1ccc(F)cc1F. The number of carbonyl (C=O) groups is 2. The molecule has 8 heteroatoms. The lowest BCUT2D eigenvalue weighted by atomic mass is 9.86. The average Bonchev–Trinajstić information content (AvgIpc) is 3.39. The molecule has 2 fully saturated rings. The highest BCUT2D eigenvalue weighted by molar-refractivity contribution is 7.14. The first-order valence-electron chi connectivity index (χ1n) is 9.76. The van der Waals surface area contributed by atoms with Gasteiger partial charge >= 0.3 is 5.97 Å². The molecule has 3 atom stereocenters. The van der Waals surface area contributed by atoms with Crippen LogP contribution in [0.1, 0.15) is 44.7 Å². The van der Waals surface area contributed by atoms with Crippen LogP contribution >= 0.6 is 11.3 Å². The second-order valence-corrected chi connectivity index (χ2v) is 8.71. The van der Waals surface area contributed by atoms with Crippen molar-refractivity contribution in [2.45, 2.75) is 45.6 Å². The molecule has 5 nitrogen and oxygen atoms in total. The summed E-state index contributed by atoms with van der Waals surface area (Å²) in [6.07, 6.45) is 5.32. The van der Waals surface area contributed by atoms with Crippen LogP contribution in [0.25, 0.3) is 0 Å². The van der Waals surface area contributed by atoms with Gasteiger partial charge in [-0.25, -0.2) is 13.8 Å². The average molecular weight is 420 g/mol. The fourth-order valence-corrected chi connectivity index (χ4v) is 5.45. The van der Waals surface area contributed by atoms with E-state index < -0.39 is 17.5 Å². The van der Waals surface area contributed by atoms with Gasteiger partial charge in [-0.1, -0.05) is 6.42 Å². The number of carbonyl (C=O) groups excluding carboxylic acids is 2. The van der Waals surface area contributed by atoms with Crippen LogP contribution < -0.4 is 4.90 Å². The summed E-state index contributed by atoms with van der Waals surface area (Å²) >= 11 is 1.13. The number of fused-ring (bicyclic) bond motifs is 2. The fraction of sp³-hybridized carbons (Fsp3) is 0.476. The number of nitrogens with zero attached hydrogens (tertiary/aromatic N) is 2. The molecule has 1 aromatic heterocycles. The van der Waals surface area contributed by atoms with Crippen LogP contribution in [-0.2, 0) is 20.9 Å². The van der Waals surface area contributed by atoms with Crippen molar-refractivity contribution >= 4 is 34.0 Å². The van der Waals surface area contributed by atoms with E-state index in [1.165, 1.54) is 32.3 Å². The van der Waals surface area contributed by atoms with Crippen molar-refractivity contribution in [3.63, 3.8) is 0 Å². The summed E-state index contributed by atoms with van der Waals surface area (Å²) in [6.45, 7) is 1.28. The van der Waals surface area contributed by atoms with Gasteiger partial charge in [0.25, 0.3) is 0 Å². The molecular weight excluding hydrogens is 398 g/mol. The Labute approximate surface area is 171 Å². The van der Waals surface area contributed by atoms with Crippen LogP contribution in [-0.4, -0.2) is 16.9 Å². The topological polar surface area (TPSA) is 59.5 Å². The van der Waals surface area contributed by atoms with Gasteiger partial charge < -0.3 is 4.74 Å². The van der Waals surface area contributed by atoms with Crippen LogP contribution in [0.4, 0.5) is 19.6 Å². The summed E-state index contributed by atoms with van der Waals surface area (Å²) in [5.41, 5.74) is 0.410. The molecule has 2 bridgehead atoms. The van der Waals surface area contributed by atoms with Gasteiger partial charge in [0.2, 0.25) is 5.91 Å². The molecule has 2 aliphatic rings. The van der Waals surface area contributed by atoms with E-state index >= 15 is 0 Å². The molecule has 0 radical (unpaired) electrons. The third-order valence-electron chi connectivity index (χ3n) is 5.89. The third-order valence-corrected chi connectivity index (χ3v) is 6.77. The van der Waals surface area contributed by atoms with Crippen LogP contribution in [0, 0.1) is 29.4 Å². The Balaban J connectivity index is 1.39. The summed E-state index contributed by atoms with van der Waals surface area (Å²) < 4.78 is 32.7. The van der Waals surface area contributed by atoms with Crippen LogP contribution in [0.5, 0.6) is 0 Å². The van der Waals surface area contributed by atoms with Gasteiger partial charge in [-0.3, -0.25) is 14.5 Å². The number of anilines is 2. The van der Waals surface area contributed by atoms with Crippen molar-refractivity contribution in [1.82, 2.24) is 4.98 Å². The smallest absolute Gasteiger partial charge is 0.306 e. The summed E-state index contributed by atoms with van der Waals surface area (Å²) in [5, 5.41) is 1.90. The lowest BCUT2D eigenvalue weighted by Crippen LogP contribution is -2.23. The molecule has 0 unspecified atom stereocenters. The molecule has 1 heterocycles. The highest BCUT2D eigenvalue weighted by atomic mass is 32.1. The van der Waals surface area contributed by atoms with E-state index in [0.29, 0.717) is 24.0 Å². The monoisotopic (exact) mass is 420 g/mol. The van der Waals surface area contributed by atoms with E-state index in [1.807, 2.05) is 0 Å². The maximum absolute atomic E-state index is 14.1. The molecule has 1 amide bonds. The maximum atomic E-state index is 14.1. The zero-order valence-electron chi connectivity index (χ0n) is 16.1. The largest absolute Gasteiger partial charge is 0.459 e. The van der Waals surface area contributed by atoms with E-state index in [4.69, 9.17) is 4.74 Å². The zero-order valence-corrected chi connectivity index (χ0v) is 16.9. The van der Waals surface area contributed by atoms with Crippen molar-refractivity contribution < 1.29 is 23.1 Å². The molecule has 29 heavy (non-hydrogen) atoms. The highest BCUT2D eigenvalue weighted by Gasteiger charge is 2.40. The first kappa shape index (κ1) is 19.9. The van der Waals surface area contributed by atoms with Crippen molar-refractivity contribution in [1.29, 1.82) is 0 Å². The molecule has 4 rings (SSSR count). The van der Waals surface area contributed by atoms with Crippen LogP contribution in [0.15, 0.2) is 23.6 Å². The second-order valence-electron chi connectivity index (χ2n) is 7.87. The number of amides is 1. The van der Waals surface area contributed by atoms with E-state index in [9.17, 15) is 18.4 Å². The molecule has 2 saturated carbocycles. The first-order chi connectivity index (χ1) is 13.9. The summed E-state index contributed by atoms with van der Waals surface area (Å²) in [6, 6.07) is 3.00. The van der Waals surface area contributed by atoms with Gasteiger partial charge in [-0.15, -0.1) is 11.3 Å². The van der Waals surface area contributed by atoms with Crippen molar-refractivity contribution in [3.8, 4) is 0 Å². The molecule has 2 aromatic rings. The minimum absolute atomic E-state index is 0.00773. The van der Waals surface area contributed by atoms with Gasteiger partial charge in [-0.2, -0.15) is 0 Å². The third kappa shape index (κ3) is 4.32. The minimum Gasteiger partial charge on any atom is -0.459 e. The van der Waals surface area contributed by atoms with E-state index in [-0.39, 0.29) is 23.4 Å². The molecule has 0 aliphatic heterocycles. The number of hydrogen-bond donors (Lipinski definition) is 0. The summed E-state index contributed by atoms with van der Waals surface area (Å²) in [4.78, 5) is 29.6. The van der Waals surface area contributed by atoms with Gasteiger partial charge in [0, 0.05) is 24.8 Å². The van der Waals surface area contributed by atoms with Crippen molar-refractivity contribution in [2.24, 2.45) is 17.8 Å². The van der Waals surface area contributed by atoms with E-state index in [0.717, 1.165) is 40.7 Å². The second kappa shape index (κ2) is 8.18. The molecule has 0 spiro atoms. The Hall–Kier alpha value is -2.35. The number of benzene rings is 1. The Morgan fingerprint density at radius 3 is 2.76 bits per heavy atom. The van der Waals surface area contributed by atoms with E-state index in [2.05, 4.69) is 4.98 Å². The van der Waals surface area contributed by atoms with Gasteiger partial charge in [-0.05, 0) is 49.1 Å². The lowest BCUT2D eigenvalue weighted by molar-refractivity contribution is -0.146. The van der Waals surface area contributed by atoms with Gasteiger partial charge in [0.05, 0.1) is 11.4 Å².